The summed E-state index contributed by atoms with van der Waals surface area (Å²) in [5.74, 6) is 0.928. The van der Waals surface area contributed by atoms with Crippen LogP contribution in [0.15, 0.2) is 36.4 Å². The van der Waals surface area contributed by atoms with Crippen LogP contribution in [0.4, 0.5) is 5.69 Å². The number of hydrogen-bond acceptors (Lipinski definition) is 2. The van der Waals surface area contributed by atoms with E-state index in [2.05, 4.69) is 46.1 Å². The van der Waals surface area contributed by atoms with Gasteiger partial charge in [-0.25, -0.2) is 0 Å². The maximum Gasteiger partial charge on any atom is 0.224 e. The standard InChI is InChI=1S/C19H22INO2/c1-13-6-7-14(2)18(11-13)23-10-4-5-19(22)21-17-9-8-16(20)12-15(17)3/h6-9,11-12H,4-5,10H2,1-3H3,(H,21,22). The molecule has 0 atom stereocenters. The van der Waals surface area contributed by atoms with Gasteiger partial charge in [0.15, 0.2) is 0 Å². The molecule has 0 bridgehead atoms. The molecule has 0 aromatic heterocycles. The van der Waals surface area contributed by atoms with Crippen molar-refractivity contribution < 1.29 is 9.53 Å². The minimum Gasteiger partial charge on any atom is -0.493 e. The van der Waals surface area contributed by atoms with E-state index in [-0.39, 0.29) is 5.91 Å². The first kappa shape index (κ1) is 17.8. The predicted molar refractivity (Wildman–Crippen MR) is 103 cm³/mol. The van der Waals surface area contributed by atoms with Crippen LogP contribution in [0.5, 0.6) is 5.75 Å². The monoisotopic (exact) mass is 423 g/mol. The highest BCUT2D eigenvalue weighted by atomic mass is 127. The highest BCUT2D eigenvalue weighted by molar-refractivity contribution is 14.1. The van der Waals surface area contributed by atoms with E-state index >= 15 is 0 Å². The normalized spacial score (nSPS) is 10.4. The number of rotatable bonds is 6. The number of halogens is 1. The first-order chi connectivity index (χ1) is 11.0. The van der Waals surface area contributed by atoms with Crippen molar-refractivity contribution >= 4 is 34.2 Å². The molecule has 0 aliphatic carbocycles. The summed E-state index contributed by atoms with van der Waals surface area (Å²) in [6, 6.07) is 12.1. The molecule has 0 heterocycles. The molecule has 2 aromatic rings. The fraction of sp³-hybridized carbons (Fsp3) is 0.316. The van der Waals surface area contributed by atoms with Gasteiger partial charge in [-0.3, -0.25) is 4.79 Å². The van der Waals surface area contributed by atoms with Gasteiger partial charge in [0.25, 0.3) is 0 Å². The van der Waals surface area contributed by atoms with Crippen molar-refractivity contribution in [1.82, 2.24) is 0 Å². The van der Waals surface area contributed by atoms with Crippen LogP contribution < -0.4 is 10.1 Å². The van der Waals surface area contributed by atoms with Crippen molar-refractivity contribution in [1.29, 1.82) is 0 Å². The van der Waals surface area contributed by atoms with E-state index in [9.17, 15) is 4.79 Å². The van der Waals surface area contributed by atoms with Gasteiger partial charge in [0, 0.05) is 15.7 Å². The van der Waals surface area contributed by atoms with Crippen LogP contribution in [0.2, 0.25) is 0 Å². The van der Waals surface area contributed by atoms with E-state index in [1.54, 1.807) is 0 Å². The zero-order valence-corrected chi connectivity index (χ0v) is 15.9. The summed E-state index contributed by atoms with van der Waals surface area (Å²) < 4.78 is 6.94. The number of anilines is 1. The van der Waals surface area contributed by atoms with Gasteiger partial charge in [0.05, 0.1) is 6.61 Å². The summed E-state index contributed by atoms with van der Waals surface area (Å²) in [5.41, 5.74) is 4.26. The Bertz CT molecular complexity index is 698. The zero-order chi connectivity index (χ0) is 16.8. The molecule has 0 unspecified atom stereocenters. The summed E-state index contributed by atoms with van der Waals surface area (Å²) in [6.45, 7) is 6.62. The van der Waals surface area contributed by atoms with Crippen molar-refractivity contribution in [2.75, 3.05) is 11.9 Å². The number of hydrogen-bond donors (Lipinski definition) is 1. The van der Waals surface area contributed by atoms with Gasteiger partial charge in [-0.05, 0) is 90.7 Å². The Hall–Kier alpha value is -1.56. The van der Waals surface area contributed by atoms with Crippen LogP contribution >= 0.6 is 22.6 Å². The number of nitrogens with one attached hydrogen (secondary N) is 1. The summed E-state index contributed by atoms with van der Waals surface area (Å²) in [6.07, 6.45) is 1.15. The van der Waals surface area contributed by atoms with E-state index < -0.39 is 0 Å². The van der Waals surface area contributed by atoms with E-state index in [4.69, 9.17) is 4.74 Å². The summed E-state index contributed by atoms with van der Waals surface area (Å²) >= 11 is 2.26. The smallest absolute Gasteiger partial charge is 0.224 e. The third-order valence-electron chi connectivity index (χ3n) is 3.61. The molecule has 0 saturated heterocycles. The SMILES string of the molecule is Cc1ccc(C)c(OCCCC(=O)Nc2ccc(I)cc2C)c1. The van der Waals surface area contributed by atoms with Gasteiger partial charge in [-0.2, -0.15) is 0 Å². The largest absolute Gasteiger partial charge is 0.493 e. The lowest BCUT2D eigenvalue weighted by molar-refractivity contribution is -0.116. The molecule has 0 aliphatic rings. The lowest BCUT2D eigenvalue weighted by Gasteiger charge is -2.11. The average Bonchev–Trinajstić information content (AvgIpc) is 2.50. The Balaban J connectivity index is 1.77. The third-order valence-corrected chi connectivity index (χ3v) is 4.28. The fourth-order valence-electron chi connectivity index (χ4n) is 2.26. The van der Waals surface area contributed by atoms with Crippen LogP contribution in [-0.4, -0.2) is 12.5 Å². The molecule has 2 rings (SSSR count). The van der Waals surface area contributed by atoms with Gasteiger partial charge in [-0.1, -0.05) is 12.1 Å². The van der Waals surface area contributed by atoms with Gasteiger partial charge in [-0.15, -0.1) is 0 Å². The van der Waals surface area contributed by atoms with Gasteiger partial charge in [0.2, 0.25) is 5.91 Å². The maximum absolute atomic E-state index is 12.0. The van der Waals surface area contributed by atoms with E-state index in [1.807, 2.05) is 39.0 Å². The topological polar surface area (TPSA) is 38.3 Å². The summed E-state index contributed by atoms with van der Waals surface area (Å²) in [4.78, 5) is 12.0. The molecule has 2 aromatic carbocycles. The number of aryl methyl sites for hydroxylation is 3. The van der Waals surface area contributed by atoms with Crippen LogP contribution in [-0.2, 0) is 4.79 Å². The van der Waals surface area contributed by atoms with E-state index in [1.165, 1.54) is 9.13 Å². The maximum atomic E-state index is 12.0. The molecular weight excluding hydrogens is 401 g/mol. The molecule has 0 aliphatic heterocycles. The minimum absolute atomic E-state index is 0.0267. The average molecular weight is 423 g/mol. The Morgan fingerprint density at radius 1 is 1.09 bits per heavy atom. The van der Waals surface area contributed by atoms with E-state index in [0.29, 0.717) is 19.4 Å². The van der Waals surface area contributed by atoms with Crippen LogP contribution in [0, 0.1) is 24.3 Å². The Morgan fingerprint density at radius 3 is 2.61 bits per heavy atom. The Labute approximate surface area is 151 Å². The van der Waals surface area contributed by atoms with Crippen molar-refractivity contribution in [2.45, 2.75) is 33.6 Å². The van der Waals surface area contributed by atoms with E-state index in [0.717, 1.165) is 22.6 Å². The van der Waals surface area contributed by atoms with Gasteiger partial charge >= 0.3 is 0 Å². The fourth-order valence-corrected chi connectivity index (χ4v) is 2.90. The molecule has 1 N–H and O–H groups in total. The molecule has 4 heteroatoms. The van der Waals surface area contributed by atoms with Crippen LogP contribution in [0.3, 0.4) is 0 Å². The predicted octanol–water partition coefficient (Wildman–Crippen LogP) is 5.01. The third kappa shape index (κ3) is 5.53. The molecule has 0 fully saturated rings. The highest BCUT2D eigenvalue weighted by Gasteiger charge is 2.06. The number of ether oxygens (including phenoxy) is 1. The zero-order valence-electron chi connectivity index (χ0n) is 13.8. The first-order valence-corrected chi connectivity index (χ1v) is 8.79. The minimum atomic E-state index is 0.0267. The lowest BCUT2D eigenvalue weighted by atomic mass is 10.1. The second kappa shape index (κ2) is 8.34. The number of benzene rings is 2. The molecule has 0 saturated carbocycles. The van der Waals surface area contributed by atoms with Crippen molar-refractivity contribution in [2.24, 2.45) is 0 Å². The molecular formula is C19H22INO2. The molecule has 23 heavy (non-hydrogen) atoms. The van der Waals surface area contributed by atoms with Gasteiger partial charge < -0.3 is 10.1 Å². The lowest BCUT2D eigenvalue weighted by Crippen LogP contribution is -2.13. The van der Waals surface area contributed by atoms with Crippen LogP contribution in [0.1, 0.15) is 29.5 Å². The molecule has 122 valence electrons. The Morgan fingerprint density at radius 2 is 1.87 bits per heavy atom. The van der Waals surface area contributed by atoms with Crippen molar-refractivity contribution in [3.8, 4) is 5.75 Å². The second-order valence-corrected chi connectivity index (χ2v) is 6.97. The van der Waals surface area contributed by atoms with Gasteiger partial charge in [0.1, 0.15) is 5.75 Å². The molecule has 3 nitrogen and oxygen atoms in total. The Kier molecular flexibility index (Phi) is 6.45. The number of carbonyl (C=O) groups excluding carboxylic acids is 1. The molecule has 0 spiro atoms. The summed E-state index contributed by atoms with van der Waals surface area (Å²) in [7, 11) is 0. The second-order valence-electron chi connectivity index (χ2n) is 5.73. The summed E-state index contributed by atoms with van der Waals surface area (Å²) in [5, 5.41) is 2.96. The van der Waals surface area contributed by atoms with Crippen molar-refractivity contribution in [3.63, 3.8) is 0 Å². The first-order valence-electron chi connectivity index (χ1n) is 7.72. The quantitative estimate of drug-likeness (QED) is 0.524. The molecule has 1 amide bonds. The van der Waals surface area contributed by atoms with Crippen molar-refractivity contribution in [3.05, 3.63) is 56.7 Å². The number of amides is 1. The number of carbonyl (C=O) groups is 1. The van der Waals surface area contributed by atoms with Crippen LogP contribution in [0.25, 0.3) is 0 Å². The highest BCUT2D eigenvalue weighted by Crippen LogP contribution is 2.20. The molecule has 0 radical (unpaired) electrons.